The van der Waals surface area contributed by atoms with Gasteiger partial charge in [-0.3, -0.25) is 4.79 Å². The standard InChI is InChI=1S/C25H28F3N3O2.C24H28ClF2NO2Si.C7H15FN2/c1-29-11-10-23(22(28)15-29)30(2)24(33)31-14-17(20-12-19(26)8-9-21(20)27)13-25(31,16-32)18-6-4-3-5-7-18;1-23(2,3)31(4,5)30-16-24(18-9-7-6-8-10-18)14-17(15-28(24)22(25)29)20-13-19(26)11-12-21(20)27;1-9-7-3-4-10(2)5-6(7)8/h3-9,12-13,22-23,32H,10-11,14-16H2,1-2H3;6-14H,15-16H2,1-5H3;6-7,9H,3-5H2,1-2H3/t22-,23+,25-;24-;6-,7+/m111/s1. The van der Waals surface area contributed by atoms with Crippen LogP contribution in [0, 0.1) is 23.3 Å². The van der Waals surface area contributed by atoms with E-state index < -0.39 is 79.1 Å². The number of aliphatic hydroxyl groups excluding tert-OH is 1. The highest BCUT2D eigenvalue weighted by atomic mass is 35.5. The van der Waals surface area contributed by atoms with Crippen LogP contribution in [-0.2, 0) is 15.5 Å². The minimum Gasteiger partial charge on any atom is -0.414 e. The zero-order chi connectivity index (χ0) is 54.3. The first-order valence-electron chi connectivity index (χ1n) is 24.9. The van der Waals surface area contributed by atoms with Crippen molar-refractivity contribution in [3.63, 3.8) is 0 Å². The maximum atomic E-state index is 14.8. The normalized spacial score (nSPS) is 24.6. The molecule has 0 aliphatic carbocycles. The number of aliphatic hydroxyl groups is 1. The molecule has 0 bridgehead atoms. The highest BCUT2D eigenvalue weighted by Gasteiger charge is 2.49. The van der Waals surface area contributed by atoms with Crippen LogP contribution in [-0.4, -0.2) is 154 Å². The molecule has 4 aromatic rings. The molecule has 74 heavy (non-hydrogen) atoms. The van der Waals surface area contributed by atoms with E-state index in [1.807, 2.05) is 67.3 Å². The van der Waals surface area contributed by atoms with E-state index >= 15 is 0 Å². The fourth-order valence-corrected chi connectivity index (χ4v) is 11.0. The fraction of sp³-hybridized carbons (Fsp3) is 0.464. The molecule has 2 saturated heterocycles. The number of benzene rings is 4. The molecular formula is C56H71ClF6N6O4Si. The molecule has 8 rings (SSSR count). The lowest BCUT2D eigenvalue weighted by atomic mass is 9.89. The minimum absolute atomic E-state index is 0.0318. The Hall–Kier alpha value is -5.01. The van der Waals surface area contributed by atoms with Gasteiger partial charge in [-0.15, -0.1) is 0 Å². The lowest BCUT2D eigenvalue weighted by Gasteiger charge is -2.43. The lowest BCUT2D eigenvalue weighted by molar-refractivity contribution is 0.0417. The van der Waals surface area contributed by atoms with E-state index in [1.165, 1.54) is 14.7 Å². The highest BCUT2D eigenvalue weighted by molar-refractivity contribution is 6.74. The van der Waals surface area contributed by atoms with Crippen LogP contribution < -0.4 is 5.32 Å². The molecule has 4 aliphatic rings. The predicted molar refractivity (Wildman–Crippen MR) is 284 cm³/mol. The Labute approximate surface area is 438 Å². The molecule has 0 unspecified atom stereocenters. The van der Waals surface area contributed by atoms with E-state index in [2.05, 4.69) is 39.2 Å². The van der Waals surface area contributed by atoms with Gasteiger partial charge in [-0.05, 0) is 141 Å². The SMILES string of the molecule is CC(C)(C)[Si](C)(C)OC[C@@]1(c2ccccc2)C=C(c2cc(F)ccc2F)CN1C(=O)Cl.CN1CC[C@H](N(C)C(=O)N2CC(c3cc(F)ccc3F)=C[C@@]2(CO)c2ccccc2)[C@H](F)C1.CN[C@H]1CCN(C)C[C@H]1F. The molecule has 402 valence electrons. The number of nitrogens with one attached hydrogen (secondary N) is 1. The van der Waals surface area contributed by atoms with Crippen LogP contribution in [0.4, 0.5) is 35.9 Å². The van der Waals surface area contributed by atoms with E-state index in [-0.39, 0.29) is 48.4 Å². The van der Waals surface area contributed by atoms with Gasteiger partial charge in [-0.1, -0.05) is 81.4 Å². The number of carbonyl (C=O) groups is 2. The molecular weight excluding hydrogens is 998 g/mol. The molecule has 2 N–H and O–H groups in total. The summed E-state index contributed by atoms with van der Waals surface area (Å²) >= 11 is 6.02. The zero-order valence-corrected chi connectivity index (χ0v) is 45.6. The Morgan fingerprint density at radius 2 is 1.23 bits per heavy atom. The Bertz CT molecular complexity index is 2630. The predicted octanol–water partition coefficient (Wildman–Crippen LogP) is 10.8. The number of alkyl halides is 2. The Morgan fingerprint density at radius 3 is 1.69 bits per heavy atom. The van der Waals surface area contributed by atoms with Crippen LogP contribution in [0.25, 0.3) is 11.1 Å². The van der Waals surface area contributed by atoms with Gasteiger partial charge in [0.25, 0.3) is 0 Å². The molecule has 4 aliphatic heterocycles. The molecule has 0 saturated carbocycles. The molecule has 4 heterocycles. The van der Waals surface area contributed by atoms with Crippen LogP contribution >= 0.6 is 11.6 Å². The average Bonchev–Trinajstić information content (AvgIpc) is 3.96. The summed E-state index contributed by atoms with van der Waals surface area (Å²) in [5.74, 6) is -2.32. The first-order chi connectivity index (χ1) is 34.9. The minimum atomic E-state index is -2.18. The smallest absolute Gasteiger partial charge is 0.321 e. The topological polar surface area (TPSA) is 91.8 Å². The summed E-state index contributed by atoms with van der Waals surface area (Å²) < 4.78 is 91.3. The van der Waals surface area contributed by atoms with Crippen molar-refractivity contribution in [2.24, 2.45) is 0 Å². The van der Waals surface area contributed by atoms with Gasteiger partial charge in [-0.25, -0.2) is 31.1 Å². The zero-order valence-electron chi connectivity index (χ0n) is 43.8. The monoisotopic (exact) mass is 1070 g/mol. The third-order valence-corrected chi connectivity index (χ3v) is 20.0. The molecule has 18 heteroatoms. The Morgan fingerprint density at radius 1 is 0.757 bits per heavy atom. The second-order valence-electron chi connectivity index (χ2n) is 21.3. The number of nitrogens with zero attached hydrogens (tertiary/aromatic N) is 5. The van der Waals surface area contributed by atoms with Gasteiger partial charge in [0, 0.05) is 56.9 Å². The van der Waals surface area contributed by atoms with E-state index in [0.717, 1.165) is 54.9 Å². The van der Waals surface area contributed by atoms with Gasteiger partial charge in [-0.2, -0.15) is 0 Å². The number of amides is 3. The number of rotatable bonds is 10. The second kappa shape index (κ2) is 24.3. The van der Waals surface area contributed by atoms with Crippen LogP contribution in [0.5, 0.6) is 0 Å². The van der Waals surface area contributed by atoms with Crippen LogP contribution in [0.1, 0.15) is 55.9 Å². The van der Waals surface area contributed by atoms with Gasteiger partial charge in [0.05, 0.1) is 19.3 Å². The number of halogens is 7. The van der Waals surface area contributed by atoms with Gasteiger partial charge in [0.1, 0.15) is 46.7 Å². The third-order valence-electron chi connectivity index (χ3n) is 15.3. The number of piperidine rings is 2. The van der Waals surface area contributed by atoms with E-state index in [0.29, 0.717) is 36.2 Å². The number of carbonyl (C=O) groups excluding carboxylic acids is 2. The van der Waals surface area contributed by atoms with Crippen molar-refractivity contribution in [3.8, 4) is 0 Å². The van der Waals surface area contributed by atoms with Crippen LogP contribution in [0.15, 0.2) is 109 Å². The van der Waals surface area contributed by atoms with E-state index in [9.17, 15) is 41.0 Å². The van der Waals surface area contributed by atoms with Crippen molar-refractivity contribution >= 4 is 42.5 Å². The number of hydrogen-bond acceptors (Lipinski definition) is 7. The summed E-state index contributed by atoms with van der Waals surface area (Å²) in [6.45, 7) is 12.8. The van der Waals surface area contributed by atoms with Crippen molar-refractivity contribution in [1.82, 2.24) is 29.8 Å². The van der Waals surface area contributed by atoms with Crippen molar-refractivity contribution in [1.29, 1.82) is 0 Å². The quantitative estimate of drug-likeness (QED) is 0.0708. The van der Waals surface area contributed by atoms with Gasteiger partial charge < -0.3 is 39.3 Å². The summed E-state index contributed by atoms with van der Waals surface area (Å²) in [6, 6.07) is 23.8. The maximum Gasteiger partial charge on any atom is 0.321 e. The molecule has 2 fully saturated rings. The van der Waals surface area contributed by atoms with Gasteiger partial charge in [0.2, 0.25) is 0 Å². The summed E-state index contributed by atoms with van der Waals surface area (Å²) in [5.41, 5.74) is 0.135. The molecule has 0 spiro atoms. The van der Waals surface area contributed by atoms with E-state index in [4.69, 9.17) is 16.0 Å². The maximum absolute atomic E-state index is 14.8. The number of urea groups is 1. The Balaban J connectivity index is 0.000000203. The second-order valence-corrected chi connectivity index (χ2v) is 26.4. The van der Waals surface area contributed by atoms with Crippen LogP contribution in [0.3, 0.4) is 0 Å². The number of likely N-dealkylation sites (tertiary alicyclic amines) is 2. The van der Waals surface area contributed by atoms with Crippen molar-refractivity contribution in [2.45, 2.75) is 87.3 Å². The summed E-state index contributed by atoms with van der Waals surface area (Å²) in [5, 5.41) is 12.8. The Kier molecular flexibility index (Phi) is 19.1. The summed E-state index contributed by atoms with van der Waals surface area (Å²) in [6.07, 6.45) is 2.91. The van der Waals surface area contributed by atoms with E-state index in [1.54, 1.807) is 43.5 Å². The van der Waals surface area contributed by atoms with Crippen molar-refractivity contribution < 1.29 is 45.5 Å². The first-order valence-corrected chi connectivity index (χ1v) is 28.2. The molecule has 3 amide bonds. The molecule has 4 aromatic carbocycles. The summed E-state index contributed by atoms with van der Waals surface area (Å²) in [4.78, 5) is 34.4. The fourth-order valence-electron chi connectivity index (χ4n) is 9.78. The summed E-state index contributed by atoms with van der Waals surface area (Å²) in [7, 11) is 4.99. The van der Waals surface area contributed by atoms with Crippen molar-refractivity contribution in [3.05, 3.63) is 155 Å². The van der Waals surface area contributed by atoms with Crippen molar-refractivity contribution in [2.75, 3.05) is 80.7 Å². The average molecular weight is 1070 g/mol. The molecule has 6 atom stereocenters. The molecule has 0 aromatic heterocycles. The van der Waals surface area contributed by atoms with Crippen LogP contribution in [0.2, 0.25) is 18.1 Å². The van der Waals surface area contributed by atoms with Gasteiger partial charge in [0.15, 0.2) is 8.32 Å². The molecule has 10 nitrogen and oxygen atoms in total. The lowest BCUT2D eigenvalue weighted by Crippen LogP contribution is -2.58. The third kappa shape index (κ3) is 13.0. The first kappa shape index (κ1) is 58.3. The van der Waals surface area contributed by atoms with Gasteiger partial charge >= 0.3 is 11.4 Å². The largest absolute Gasteiger partial charge is 0.414 e. The molecule has 0 radical (unpaired) electrons. The number of hydrogen-bond donors (Lipinski definition) is 2. The highest BCUT2D eigenvalue weighted by Crippen LogP contribution is 2.45.